The molecule has 1 saturated carbocycles. The maximum atomic E-state index is 11.5. The Morgan fingerprint density at radius 2 is 1.94 bits per heavy atom. The second-order valence-corrected chi connectivity index (χ2v) is 4.63. The summed E-state index contributed by atoms with van der Waals surface area (Å²) in [5, 5.41) is 11.5. The van der Waals surface area contributed by atoms with Crippen molar-refractivity contribution in [3.8, 4) is 0 Å². The molecule has 90 valence electrons. The van der Waals surface area contributed by atoms with Crippen LogP contribution in [-0.2, 0) is 9.59 Å². The van der Waals surface area contributed by atoms with Gasteiger partial charge in [-0.05, 0) is 32.4 Å². The maximum absolute atomic E-state index is 11.5. The summed E-state index contributed by atoms with van der Waals surface area (Å²) in [6, 6.07) is 0. The topological polar surface area (TPSA) is 69.6 Å². The molecule has 5 nitrogen and oxygen atoms in total. The van der Waals surface area contributed by atoms with E-state index in [9.17, 15) is 9.59 Å². The highest BCUT2D eigenvalue weighted by molar-refractivity contribution is 5.89. The van der Waals surface area contributed by atoms with E-state index in [-0.39, 0.29) is 11.8 Å². The molecule has 1 heterocycles. The van der Waals surface area contributed by atoms with Crippen LogP contribution < -0.4 is 5.32 Å². The van der Waals surface area contributed by atoms with Gasteiger partial charge in [0.25, 0.3) is 0 Å². The lowest BCUT2D eigenvalue weighted by Gasteiger charge is -2.14. The van der Waals surface area contributed by atoms with E-state index in [2.05, 4.69) is 10.2 Å². The average Bonchev–Trinajstić information content (AvgIpc) is 2.90. The van der Waals surface area contributed by atoms with Gasteiger partial charge in [-0.15, -0.1) is 0 Å². The molecule has 1 aliphatic carbocycles. The molecule has 0 bridgehead atoms. The van der Waals surface area contributed by atoms with Gasteiger partial charge in [0.05, 0.1) is 11.8 Å². The lowest BCUT2D eigenvalue weighted by Crippen LogP contribution is -2.34. The van der Waals surface area contributed by atoms with Crippen LogP contribution >= 0.6 is 0 Å². The second kappa shape index (κ2) is 4.82. The van der Waals surface area contributed by atoms with E-state index < -0.39 is 11.9 Å². The van der Waals surface area contributed by atoms with Crippen LogP contribution in [-0.4, -0.2) is 48.1 Å². The van der Waals surface area contributed by atoms with Crippen LogP contribution in [0.25, 0.3) is 0 Å². The van der Waals surface area contributed by atoms with Crippen LogP contribution in [0.5, 0.6) is 0 Å². The number of carboxylic acids is 1. The number of carbonyl (C=O) groups excluding carboxylic acids is 1. The normalized spacial score (nSPS) is 29.0. The summed E-state index contributed by atoms with van der Waals surface area (Å²) in [5.74, 6) is -1.66. The van der Waals surface area contributed by atoms with E-state index in [4.69, 9.17) is 5.11 Å². The van der Waals surface area contributed by atoms with Crippen LogP contribution in [0.3, 0.4) is 0 Å². The molecule has 1 aliphatic heterocycles. The van der Waals surface area contributed by atoms with Gasteiger partial charge in [0.1, 0.15) is 0 Å². The first-order valence-corrected chi connectivity index (χ1v) is 5.91. The van der Waals surface area contributed by atoms with E-state index in [1.807, 2.05) is 0 Å². The summed E-state index contributed by atoms with van der Waals surface area (Å²) >= 11 is 0. The summed E-state index contributed by atoms with van der Waals surface area (Å²) in [7, 11) is 0. The van der Waals surface area contributed by atoms with Crippen molar-refractivity contribution >= 4 is 11.9 Å². The molecule has 1 amide bonds. The van der Waals surface area contributed by atoms with Crippen molar-refractivity contribution in [1.82, 2.24) is 10.2 Å². The summed E-state index contributed by atoms with van der Waals surface area (Å²) < 4.78 is 0. The number of carboxylic acid groups (broad SMARTS) is 1. The molecule has 2 atom stereocenters. The highest BCUT2D eigenvalue weighted by Gasteiger charge is 2.48. The van der Waals surface area contributed by atoms with E-state index in [1.165, 1.54) is 12.8 Å². The quantitative estimate of drug-likeness (QED) is 0.688. The third kappa shape index (κ3) is 2.72. The highest BCUT2D eigenvalue weighted by Crippen LogP contribution is 2.38. The predicted octanol–water partition coefficient (Wildman–Crippen LogP) is -0.0809. The fraction of sp³-hybridized carbons (Fsp3) is 0.818. The van der Waals surface area contributed by atoms with Gasteiger partial charge in [0.2, 0.25) is 5.91 Å². The Kier molecular flexibility index (Phi) is 3.43. The molecule has 0 aromatic carbocycles. The van der Waals surface area contributed by atoms with Crippen molar-refractivity contribution in [3.05, 3.63) is 0 Å². The second-order valence-electron chi connectivity index (χ2n) is 4.63. The molecule has 2 rings (SSSR count). The predicted molar refractivity (Wildman–Crippen MR) is 57.9 cm³/mol. The number of aliphatic carboxylic acids is 1. The number of carbonyl (C=O) groups is 2. The Labute approximate surface area is 94.8 Å². The number of nitrogens with zero attached hydrogens (tertiary/aromatic N) is 1. The Hall–Kier alpha value is -1.10. The monoisotopic (exact) mass is 226 g/mol. The highest BCUT2D eigenvalue weighted by atomic mass is 16.4. The fourth-order valence-electron chi connectivity index (χ4n) is 2.23. The van der Waals surface area contributed by atoms with Gasteiger partial charge >= 0.3 is 5.97 Å². The lowest BCUT2D eigenvalue weighted by atomic mass is 10.3. The number of likely N-dealkylation sites (tertiary alicyclic amines) is 1. The van der Waals surface area contributed by atoms with Crippen molar-refractivity contribution < 1.29 is 14.7 Å². The molecular weight excluding hydrogens is 208 g/mol. The average molecular weight is 226 g/mol. The number of hydrogen-bond acceptors (Lipinski definition) is 3. The molecule has 5 heteroatoms. The first kappa shape index (κ1) is 11.4. The van der Waals surface area contributed by atoms with Crippen LogP contribution in [0, 0.1) is 11.8 Å². The standard InChI is InChI=1S/C11H18N2O3/c14-10(8-7-9(8)11(15)16)12-3-6-13-4-1-2-5-13/h8-9H,1-7H2,(H,12,14)(H,15,16). The van der Waals surface area contributed by atoms with E-state index in [0.29, 0.717) is 13.0 Å². The number of rotatable bonds is 5. The molecule has 16 heavy (non-hydrogen) atoms. The molecule has 2 unspecified atom stereocenters. The molecule has 2 fully saturated rings. The number of nitrogens with one attached hydrogen (secondary N) is 1. The zero-order valence-corrected chi connectivity index (χ0v) is 9.32. The summed E-state index contributed by atoms with van der Waals surface area (Å²) in [6.45, 7) is 3.77. The Bertz CT molecular complexity index is 287. The molecule has 1 saturated heterocycles. The SMILES string of the molecule is O=C(O)C1CC1C(=O)NCCN1CCCC1. The number of hydrogen-bond donors (Lipinski definition) is 2. The Morgan fingerprint density at radius 3 is 2.50 bits per heavy atom. The van der Waals surface area contributed by atoms with Crippen LogP contribution in [0.1, 0.15) is 19.3 Å². The summed E-state index contributed by atoms with van der Waals surface area (Å²) in [6.07, 6.45) is 3.00. The van der Waals surface area contributed by atoms with Crippen LogP contribution in [0.2, 0.25) is 0 Å². The van der Waals surface area contributed by atoms with Gasteiger partial charge in [0.15, 0.2) is 0 Å². The van der Waals surface area contributed by atoms with Crippen molar-refractivity contribution in [3.63, 3.8) is 0 Å². The molecule has 0 spiro atoms. The van der Waals surface area contributed by atoms with Crippen molar-refractivity contribution in [2.24, 2.45) is 11.8 Å². The maximum Gasteiger partial charge on any atom is 0.307 e. The first-order valence-electron chi connectivity index (χ1n) is 5.91. The largest absolute Gasteiger partial charge is 0.481 e. The zero-order chi connectivity index (χ0) is 11.5. The van der Waals surface area contributed by atoms with Gasteiger partial charge in [-0.2, -0.15) is 0 Å². The van der Waals surface area contributed by atoms with E-state index >= 15 is 0 Å². The summed E-state index contributed by atoms with van der Waals surface area (Å²) in [4.78, 5) is 24.4. The van der Waals surface area contributed by atoms with E-state index in [1.54, 1.807) is 0 Å². The first-order chi connectivity index (χ1) is 7.68. The smallest absolute Gasteiger partial charge is 0.307 e. The fourth-order valence-corrected chi connectivity index (χ4v) is 2.23. The minimum Gasteiger partial charge on any atom is -0.481 e. The van der Waals surface area contributed by atoms with Gasteiger partial charge in [-0.1, -0.05) is 0 Å². The van der Waals surface area contributed by atoms with Crippen molar-refractivity contribution in [1.29, 1.82) is 0 Å². The zero-order valence-electron chi connectivity index (χ0n) is 9.32. The molecular formula is C11H18N2O3. The Balaban J connectivity index is 1.60. The molecule has 2 aliphatic rings. The lowest BCUT2D eigenvalue weighted by molar-refractivity contribution is -0.140. The third-order valence-electron chi connectivity index (χ3n) is 3.37. The van der Waals surface area contributed by atoms with Crippen LogP contribution in [0.15, 0.2) is 0 Å². The van der Waals surface area contributed by atoms with E-state index in [0.717, 1.165) is 19.6 Å². The van der Waals surface area contributed by atoms with Gasteiger partial charge in [0, 0.05) is 13.1 Å². The van der Waals surface area contributed by atoms with Gasteiger partial charge in [-0.3, -0.25) is 9.59 Å². The number of amides is 1. The molecule has 0 aromatic heterocycles. The minimum absolute atomic E-state index is 0.0911. The third-order valence-corrected chi connectivity index (χ3v) is 3.37. The van der Waals surface area contributed by atoms with Crippen molar-refractivity contribution in [2.45, 2.75) is 19.3 Å². The van der Waals surface area contributed by atoms with Gasteiger partial charge in [-0.25, -0.2) is 0 Å². The Morgan fingerprint density at radius 1 is 1.25 bits per heavy atom. The molecule has 0 radical (unpaired) electrons. The minimum atomic E-state index is -0.848. The van der Waals surface area contributed by atoms with Crippen LogP contribution in [0.4, 0.5) is 0 Å². The summed E-state index contributed by atoms with van der Waals surface area (Å²) in [5.41, 5.74) is 0. The van der Waals surface area contributed by atoms with Crippen molar-refractivity contribution in [2.75, 3.05) is 26.2 Å². The van der Waals surface area contributed by atoms with Gasteiger partial charge < -0.3 is 15.3 Å². The molecule has 2 N–H and O–H groups in total. The molecule has 0 aromatic rings.